The van der Waals surface area contributed by atoms with Crippen molar-refractivity contribution in [1.82, 2.24) is 9.80 Å². The number of likely N-dealkylation sites (N-methyl/N-ethyl adjacent to an activating group) is 1. The molecule has 5 nitrogen and oxygen atoms in total. The van der Waals surface area contributed by atoms with Gasteiger partial charge in [0.05, 0.1) is 6.04 Å². The highest BCUT2D eigenvalue weighted by molar-refractivity contribution is 5.94. The lowest BCUT2D eigenvalue weighted by molar-refractivity contribution is -0.136. The quantitative estimate of drug-likeness (QED) is 0.836. The van der Waals surface area contributed by atoms with Gasteiger partial charge in [0.15, 0.2) is 0 Å². The van der Waals surface area contributed by atoms with E-state index in [0.29, 0.717) is 12.0 Å². The summed E-state index contributed by atoms with van der Waals surface area (Å²) in [4.78, 5) is 28.8. The number of hydrogen-bond acceptors (Lipinski definition) is 3. The van der Waals surface area contributed by atoms with Crippen molar-refractivity contribution in [3.8, 4) is 0 Å². The third kappa shape index (κ3) is 4.70. The zero-order valence-corrected chi connectivity index (χ0v) is 16.6. The summed E-state index contributed by atoms with van der Waals surface area (Å²) >= 11 is 0. The molecule has 1 aromatic rings. The Hall–Kier alpha value is -1.88. The van der Waals surface area contributed by atoms with E-state index in [4.69, 9.17) is 5.73 Å². The fourth-order valence-electron chi connectivity index (χ4n) is 4.39. The lowest BCUT2D eigenvalue weighted by Gasteiger charge is -2.39. The molecule has 0 aromatic heterocycles. The molecule has 2 aliphatic carbocycles. The van der Waals surface area contributed by atoms with E-state index in [2.05, 4.69) is 0 Å². The fourth-order valence-corrected chi connectivity index (χ4v) is 4.39. The molecule has 27 heavy (non-hydrogen) atoms. The molecule has 1 atom stereocenters. The minimum Gasteiger partial charge on any atom is -0.341 e. The summed E-state index contributed by atoms with van der Waals surface area (Å²) in [6, 6.07) is 9.46. The first-order chi connectivity index (χ1) is 13.0. The van der Waals surface area contributed by atoms with Gasteiger partial charge >= 0.3 is 0 Å². The Morgan fingerprint density at radius 3 is 2.22 bits per heavy atom. The van der Waals surface area contributed by atoms with Crippen LogP contribution in [-0.2, 0) is 4.79 Å². The zero-order valence-electron chi connectivity index (χ0n) is 16.6. The molecular weight excluding hydrogens is 338 g/mol. The highest BCUT2D eigenvalue weighted by Gasteiger charge is 2.34. The third-order valence-corrected chi connectivity index (χ3v) is 6.55. The number of carbonyl (C=O) groups is 2. The van der Waals surface area contributed by atoms with E-state index in [1.807, 2.05) is 54.2 Å². The topological polar surface area (TPSA) is 66.6 Å². The van der Waals surface area contributed by atoms with E-state index >= 15 is 0 Å². The summed E-state index contributed by atoms with van der Waals surface area (Å²) in [5, 5.41) is 0. The normalized spacial score (nSPS) is 24.0. The van der Waals surface area contributed by atoms with Crippen molar-refractivity contribution in [2.45, 2.75) is 57.0 Å². The number of nitrogens with zero attached hydrogens (tertiary/aromatic N) is 2. The smallest absolute Gasteiger partial charge is 0.253 e. The number of benzene rings is 1. The Morgan fingerprint density at radius 2 is 1.67 bits per heavy atom. The maximum Gasteiger partial charge on any atom is 0.253 e. The van der Waals surface area contributed by atoms with Crippen LogP contribution in [0.4, 0.5) is 0 Å². The molecule has 2 N–H and O–H groups in total. The van der Waals surface area contributed by atoms with Gasteiger partial charge in [0.1, 0.15) is 0 Å². The molecule has 2 aliphatic rings. The van der Waals surface area contributed by atoms with Crippen LogP contribution in [0.1, 0.15) is 55.3 Å². The highest BCUT2D eigenvalue weighted by atomic mass is 16.2. The molecule has 0 heterocycles. The first-order valence-electron chi connectivity index (χ1n) is 10.3. The predicted molar refractivity (Wildman–Crippen MR) is 107 cm³/mol. The van der Waals surface area contributed by atoms with E-state index in [1.165, 1.54) is 6.42 Å². The number of carbonyl (C=O) groups excluding carboxylic acids is 2. The lowest BCUT2D eigenvalue weighted by atomic mass is 9.78. The summed E-state index contributed by atoms with van der Waals surface area (Å²) in [7, 11) is 3.78. The highest BCUT2D eigenvalue weighted by Crippen LogP contribution is 2.32. The molecule has 1 aromatic carbocycles. The number of hydrogen-bond donors (Lipinski definition) is 1. The summed E-state index contributed by atoms with van der Waals surface area (Å²) in [5.41, 5.74) is 7.06. The average molecular weight is 372 g/mol. The Morgan fingerprint density at radius 1 is 1.04 bits per heavy atom. The molecule has 2 fully saturated rings. The van der Waals surface area contributed by atoms with E-state index < -0.39 is 0 Å². The summed E-state index contributed by atoms with van der Waals surface area (Å²) < 4.78 is 0. The first kappa shape index (κ1) is 19.9. The van der Waals surface area contributed by atoms with Crippen molar-refractivity contribution in [3.63, 3.8) is 0 Å². The molecule has 2 amide bonds. The molecule has 0 radical (unpaired) electrons. The minimum atomic E-state index is -0.375. The molecule has 0 aliphatic heterocycles. The molecule has 0 unspecified atom stereocenters. The Kier molecular flexibility index (Phi) is 6.53. The molecule has 0 bridgehead atoms. The van der Waals surface area contributed by atoms with Crippen molar-refractivity contribution in [3.05, 3.63) is 35.9 Å². The molecule has 2 saturated carbocycles. The molecule has 3 rings (SSSR count). The molecular formula is C22H33N3O2. The number of amides is 2. The first-order valence-corrected chi connectivity index (χ1v) is 10.3. The van der Waals surface area contributed by atoms with Crippen LogP contribution in [0.5, 0.6) is 0 Å². The largest absolute Gasteiger partial charge is 0.341 e. The van der Waals surface area contributed by atoms with Crippen LogP contribution in [0, 0.1) is 11.8 Å². The van der Waals surface area contributed by atoms with Crippen LogP contribution in [-0.4, -0.2) is 54.3 Å². The summed E-state index contributed by atoms with van der Waals surface area (Å²) in [6.07, 6.45) is 7.47. The molecule has 0 saturated heterocycles. The Balaban J connectivity index is 1.45. The SMILES string of the molecule is CN(CC1CCC([C@H](N)C(=O)N(C)C2CCC2)CC1)C(=O)c1ccccc1. The van der Waals surface area contributed by atoms with Gasteiger partial charge in [-0.05, 0) is 68.9 Å². The van der Waals surface area contributed by atoms with Gasteiger partial charge < -0.3 is 15.5 Å². The van der Waals surface area contributed by atoms with Crippen LogP contribution in [0.15, 0.2) is 30.3 Å². The zero-order chi connectivity index (χ0) is 19.4. The number of nitrogens with two attached hydrogens (primary N) is 1. The van der Waals surface area contributed by atoms with E-state index in [-0.39, 0.29) is 23.8 Å². The van der Waals surface area contributed by atoms with Gasteiger partial charge in [-0.25, -0.2) is 0 Å². The van der Waals surface area contributed by atoms with Gasteiger partial charge in [-0.15, -0.1) is 0 Å². The van der Waals surface area contributed by atoms with Gasteiger partial charge in [0.25, 0.3) is 5.91 Å². The molecule has 148 valence electrons. The van der Waals surface area contributed by atoms with Crippen molar-refractivity contribution in [1.29, 1.82) is 0 Å². The maximum atomic E-state index is 12.6. The van der Waals surface area contributed by atoms with Crippen molar-refractivity contribution >= 4 is 11.8 Å². The van der Waals surface area contributed by atoms with Gasteiger partial charge in [0, 0.05) is 32.2 Å². The minimum absolute atomic E-state index is 0.0757. The van der Waals surface area contributed by atoms with Crippen LogP contribution < -0.4 is 5.73 Å². The van der Waals surface area contributed by atoms with Crippen LogP contribution in [0.2, 0.25) is 0 Å². The van der Waals surface area contributed by atoms with Crippen LogP contribution in [0.25, 0.3) is 0 Å². The van der Waals surface area contributed by atoms with Crippen molar-refractivity contribution in [2.75, 3.05) is 20.6 Å². The standard InChI is InChI=1S/C22H33N3O2/c1-24(21(26)18-7-4-3-5-8-18)15-16-11-13-17(14-12-16)20(23)22(27)25(2)19-9-6-10-19/h3-5,7-8,16-17,19-20H,6,9-15,23H2,1-2H3/t16?,17?,20-/m0/s1. The fraction of sp³-hybridized carbons (Fsp3) is 0.636. The van der Waals surface area contributed by atoms with Crippen LogP contribution >= 0.6 is 0 Å². The van der Waals surface area contributed by atoms with E-state index in [9.17, 15) is 9.59 Å². The molecule has 5 heteroatoms. The van der Waals surface area contributed by atoms with Crippen molar-refractivity contribution < 1.29 is 9.59 Å². The van der Waals surface area contributed by atoms with E-state index in [1.54, 1.807) is 0 Å². The Labute approximate surface area is 162 Å². The monoisotopic (exact) mass is 371 g/mol. The maximum absolute atomic E-state index is 12.6. The van der Waals surface area contributed by atoms with Crippen molar-refractivity contribution in [2.24, 2.45) is 17.6 Å². The second kappa shape index (κ2) is 8.87. The lowest BCUT2D eigenvalue weighted by Crippen LogP contribution is -2.52. The average Bonchev–Trinajstić information content (AvgIpc) is 2.66. The summed E-state index contributed by atoms with van der Waals surface area (Å²) in [6.45, 7) is 0.769. The van der Waals surface area contributed by atoms with Gasteiger partial charge in [0.2, 0.25) is 5.91 Å². The molecule has 0 spiro atoms. The third-order valence-electron chi connectivity index (χ3n) is 6.55. The van der Waals surface area contributed by atoms with Gasteiger partial charge in [-0.1, -0.05) is 18.2 Å². The second-order valence-corrected chi connectivity index (χ2v) is 8.39. The Bertz CT molecular complexity index is 636. The van der Waals surface area contributed by atoms with Gasteiger partial charge in [-0.2, -0.15) is 0 Å². The van der Waals surface area contributed by atoms with Gasteiger partial charge in [-0.3, -0.25) is 9.59 Å². The van der Waals surface area contributed by atoms with Crippen LogP contribution in [0.3, 0.4) is 0 Å². The second-order valence-electron chi connectivity index (χ2n) is 8.39. The van der Waals surface area contributed by atoms with E-state index in [0.717, 1.165) is 50.6 Å². The predicted octanol–water partition coefficient (Wildman–Crippen LogP) is 2.90. The summed E-state index contributed by atoms with van der Waals surface area (Å²) in [5.74, 6) is 0.947. The number of rotatable bonds is 6.